The summed E-state index contributed by atoms with van der Waals surface area (Å²) in [7, 11) is 5.54. The number of esters is 2. The summed E-state index contributed by atoms with van der Waals surface area (Å²) in [5, 5.41) is 0. The molecule has 0 saturated carbocycles. The third-order valence-electron chi connectivity index (χ3n) is 6.96. The summed E-state index contributed by atoms with van der Waals surface area (Å²) in [6.07, 6.45) is 0.651. The summed E-state index contributed by atoms with van der Waals surface area (Å²) in [5.74, 6) is -0.844. The Kier molecular flexibility index (Phi) is 10.9. The Hall–Kier alpha value is -2.58. The molecule has 0 saturated heterocycles. The van der Waals surface area contributed by atoms with Crippen molar-refractivity contribution in [3.8, 4) is 0 Å². The van der Waals surface area contributed by atoms with Crippen molar-refractivity contribution in [1.82, 2.24) is 0 Å². The van der Waals surface area contributed by atoms with Crippen molar-refractivity contribution in [1.29, 1.82) is 0 Å². The average molecular weight is 587 g/mol. The van der Waals surface area contributed by atoms with Crippen molar-refractivity contribution in [2.45, 2.75) is 78.0 Å². The predicted octanol–water partition coefficient (Wildman–Crippen LogP) is 8.08. The first-order valence-electron chi connectivity index (χ1n) is 13.2. The summed E-state index contributed by atoms with van der Waals surface area (Å²) < 4.78 is 9.90. The van der Waals surface area contributed by atoms with Crippen LogP contribution in [0.3, 0.4) is 0 Å². The van der Waals surface area contributed by atoms with Crippen LogP contribution >= 0.6 is 21.6 Å². The Balaban J connectivity index is 2.32. The van der Waals surface area contributed by atoms with E-state index >= 15 is 0 Å². The summed E-state index contributed by atoms with van der Waals surface area (Å²) in [6.45, 7) is 14.5. The van der Waals surface area contributed by atoms with Crippen LogP contribution in [0.1, 0.15) is 88.9 Å². The van der Waals surface area contributed by atoms with Crippen LogP contribution in [-0.2, 0) is 19.1 Å². The number of hydrogen-bond donors (Lipinski definition) is 0. The van der Waals surface area contributed by atoms with Crippen molar-refractivity contribution in [2.24, 2.45) is 21.7 Å². The van der Waals surface area contributed by atoms with Gasteiger partial charge in [-0.25, -0.2) is 0 Å². The molecule has 0 spiro atoms. The number of methoxy groups -OCH3 is 2. The van der Waals surface area contributed by atoms with Crippen molar-refractivity contribution >= 4 is 45.1 Å². The average Bonchev–Trinajstić information content (AvgIpc) is 2.89. The third kappa shape index (κ3) is 8.00. The molecule has 0 aliphatic carbocycles. The molecule has 2 rings (SSSR count). The molecular weight excluding hydrogens is 544 g/mol. The van der Waals surface area contributed by atoms with Gasteiger partial charge >= 0.3 is 11.9 Å². The molecule has 40 heavy (non-hydrogen) atoms. The fraction of sp³-hybridized carbons (Fsp3) is 0.500. The summed E-state index contributed by atoms with van der Waals surface area (Å²) in [6, 6.07) is 14.8. The van der Waals surface area contributed by atoms with E-state index < -0.39 is 21.7 Å². The second kappa shape index (κ2) is 12.9. The number of rotatable bonds is 13. The second-order valence-corrected chi connectivity index (χ2v) is 14.9. The van der Waals surface area contributed by atoms with Crippen LogP contribution in [0.15, 0.2) is 58.3 Å². The summed E-state index contributed by atoms with van der Waals surface area (Å²) in [5.41, 5.74) is -2.14. The zero-order chi connectivity index (χ0) is 30.5. The molecule has 0 atom stereocenters. The van der Waals surface area contributed by atoms with E-state index in [2.05, 4.69) is 0 Å². The van der Waals surface area contributed by atoms with Gasteiger partial charge in [-0.3, -0.25) is 19.2 Å². The van der Waals surface area contributed by atoms with Gasteiger partial charge in [-0.15, -0.1) is 0 Å². The van der Waals surface area contributed by atoms with Crippen LogP contribution in [0.4, 0.5) is 0 Å². The first-order valence-corrected chi connectivity index (χ1v) is 15.3. The van der Waals surface area contributed by atoms with E-state index in [1.807, 2.05) is 64.1 Å². The third-order valence-corrected chi connectivity index (χ3v) is 9.44. The Morgan fingerprint density at radius 1 is 0.550 bits per heavy atom. The van der Waals surface area contributed by atoms with E-state index in [1.165, 1.54) is 35.8 Å². The smallest absolute Gasteiger partial charge is 0.311 e. The van der Waals surface area contributed by atoms with Crippen LogP contribution in [0, 0.1) is 21.7 Å². The van der Waals surface area contributed by atoms with Crippen molar-refractivity contribution in [3.63, 3.8) is 0 Å². The van der Waals surface area contributed by atoms with E-state index in [0.29, 0.717) is 24.0 Å². The normalized spacial score (nSPS) is 12.6. The SMILES string of the molecule is COC(=O)C(C)(C)CC(C)(C)C(=O)c1ccccc1SSc1ccccc1C(=O)C(C)(C)CC(C)(C)C(=O)OC. The molecule has 0 heterocycles. The first kappa shape index (κ1) is 33.6. The molecular formula is C32H42O6S2. The maximum Gasteiger partial charge on any atom is 0.311 e. The molecule has 0 radical (unpaired) electrons. The van der Waals surface area contributed by atoms with Gasteiger partial charge in [-0.2, -0.15) is 0 Å². The largest absolute Gasteiger partial charge is 0.469 e. The van der Waals surface area contributed by atoms with Crippen LogP contribution in [0.5, 0.6) is 0 Å². The zero-order valence-electron chi connectivity index (χ0n) is 25.3. The molecule has 0 aromatic heterocycles. The maximum absolute atomic E-state index is 13.7. The van der Waals surface area contributed by atoms with Crippen LogP contribution < -0.4 is 0 Å². The molecule has 0 fully saturated rings. The van der Waals surface area contributed by atoms with Gasteiger partial charge in [0.25, 0.3) is 0 Å². The number of Topliss-reactive ketones (excluding diaryl/α,β-unsaturated/α-hetero) is 2. The number of ether oxygens (including phenoxy) is 2. The molecule has 0 N–H and O–H groups in total. The topological polar surface area (TPSA) is 86.7 Å². The lowest BCUT2D eigenvalue weighted by molar-refractivity contribution is -0.152. The fourth-order valence-corrected chi connectivity index (χ4v) is 7.70. The lowest BCUT2D eigenvalue weighted by Crippen LogP contribution is -2.36. The minimum absolute atomic E-state index is 0.0660. The van der Waals surface area contributed by atoms with E-state index in [-0.39, 0.29) is 23.5 Å². The van der Waals surface area contributed by atoms with Gasteiger partial charge in [-0.05, 0) is 52.7 Å². The van der Waals surface area contributed by atoms with Crippen molar-refractivity contribution < 1.29 is 28.7 Å². The molecule has 218 valence electrons. The van der Waals surface area contributed by atoms with Gasteiger partial charge in [0.2, 0.25) is 0 Å². The van der Waals surface area contributed by atoms with E-state index in [9.17, 15) is 19.2 Å². The molecule has 2 aromatic carbocycles. The van der Waals surface area contributed by atoms with Gasteiger partial charge < -0.3 is 9.47 Å². The van der Waals surface area contributed by atoms with Gasteiger partial charge in [-0.1, -0.05) is 85.7 Å². The predicted molar refractivity (Wildman–Crippen MR) is 162 cm³/mol. The molecule has 0 unspecified atom stereocenters. The minimum Gasteiger partial charge on any atom is -0.469 e. The van der Waals surface area contributed by atoms with Crippen LogP contribution in [0.2, 0.25) is 0 Å². The monoisotopic (exact) mass is 586 g/mol. The Bertz CT molecular complexity index is 1160. The molecule has 0 aliphatic rings. The molecule has 0 amide bonds. The van der Waals surface area contributed by atoms with Crippen LogP contribution in [0.25, 0.3) is 0 Å². The van der Waals surface area contributed by atoms with Crippen LogP contribution in [-0.4, -0.2) is 37.7 Å². The number of hydrogen-bond acceptors (Lipinski definition) is 8. The molecule has 0 bridgehead atoms. The minimum atomic E-state index is -0.820. The van der Waals surface area contributed by atoms with E-state index in [4.69, 9.17) is 9.47 Å². The van der Waals surface area contributed by atoms with Gasteiger partial charge in [0, 0.05) is 31.7 Å². The highest BCUT2D eigenvalue weighted by molar-refractivity contribution is 8.76. The number of carbonyl (C=O) groups is 4. The van der Waals surface area contributed by atoms with Crippen molar-refractivity contribution in [2.75, 3.05) is 14.2 Å². The van der Waals surface area contributed by atoms with Gasteiger partial charge in [0.15, 0.2) is 11.6 Å². The Morgan fingerprint density at radius 3 is 1.15 bits per heavy atom. The zero-order valence-corrected chi connectivity index (χ0v) is 26.9. The van der Waals surface area contributed by atoms with Crippen molar-refractivity contribution in [3.05, 3.63) is 59.7 Å². The van der Waals surface area contributed by atoms with Gasteiger partial charge in [0.05, 0.1) is 25.0 Å². The number of carbonyl (C=O) groups excluding carboxylic acids is 4. The fourth-order valence-electron chi connectivity index (χ4n) is 5.34. The Morgan fingerprint density at radius 2 is 0.850 bits per heavy atom. The highest BCUT2D eigenvalue weighted by atomic mass is 33.1. The highest BCUT2D eigenvalue weighted by Crippen LogP contribution is 2.45. The highest BCUT2D eigenvalue weighted by Gasteiger charge is 2.42. The quantitative estimate of drug-likeness (QED) is 0.132. The van der Waals surface area contributed by atoms with Gasteiger partial charge in [0.1, 0.15) is 0 Å². The maximum atomic E-state index is 13.7. The Labute approximate surface area is 246 Å². The summed E-state index contributed by atoms with van der Waals surface area (Å²) >= 11 is 0. The standard InChI is InChI=1S/C32H42O6S2/c1-29(2,19-31(5,6)27(35)37-9)25(33)21-15-11-13-17-23(21)39-40-24-18-14-12-16-22(24)26(34)30(3,4)20-32(7,8)28(36)38-10/h11-18H,19-20H2,1-10H3. The van der Waals surface area contributed by atoms with E-state index in [0.717, 1.165) is 9.79 Å². The van der Waals surface area contributed by atoms with E-state index in [1.54, 1.807) is 39.8 Å². The molecule has 8 heteroatoms. The summed E-state index contributed by atoms with van der Waals surface area (Å²) in [4.78, 5) is 53.6. The second-order valence-electron chi connectivity index (χ2n) is 12.7. The molecule has 6 nitrogen and oxygen atoms in total. The molecule has 0 aliphatic heterocycles. The molecule has 2 aromatic rings. The lowest BCUT2D eigenvalue weighted by Gasteiger charge is -2.32. The first-order chi connectivity index (χ1) is 18.4. The lowest BCUT2D eigenvalue weighted by atomic mass is 9.71. The number of benzene rings is 2. The number of ketones is 2.